The molecule has 41 heavy (non-hydrogen) atoms. The average molecular weight is 532 g/mol. The fraction of sp³-hybridized carbons (Fsp3) is 0. The van der Waals surface area contributed by atoms with E-state index >= 15 is 0 Å². The number of nitrogens with one attached hydrogen (secondary N) is 3. The highest BCUT2D eigenvalue weighted by Crippen LogP contribution is 2.25. The van der Waals surface area contributed by atoms with Crippen molar-refractivity contribution < 1.29 is 0 Å². The van der Waals surface area contributed by atoms with Crippen molar-refractivity contribution in [3.8, 4) is 0 Å². The third-order valence-corrected chi connectivity index (χ3v) is 6.40. The number of anilines is 6. The molecule has 1 aliphatic rings. The second-order valence-corrected chi connectivity index (χ2v) is 9.52. The van der Waals surface area contributed by atoms with Gasteiger partial charge < -0.3 is 16.0 Å². The van der Waals surface area contributed by atoms with Gasteiger partial charge >= 0.3 is 0 Å². The smallest absolute Gasteiger partial charge is 0.0638 e. The molecular formula is C36H29N5. The fourth-order valence-electron chi connectivity index (χ4n) is 4.32. The average Bonchev–Trinajstić information content (AvgIpc) is 3.02. The molecule has 0 radical (unpaired) electrons. The van der Waals surface area contributed by atoms with Crippen LogP contribution in [0.5, 0.6) is 0 Å². The Kier molecular flexibility index (Phi) is 7.77. The lowest BCUT2D eigenvalue weighted by molar-refractivity contribution is 1.48. The molecule has 5 aromatic carbocycles. The van der Waals surface area contributed by atoms with Gasteiger partial charge in [0.1, 0.15) is 0 Å². The van der Waals surface area contributed by atoms with E-state index in [1.165, 1.54) is 0 Å². The van der Waals surface area contributed by atoms with E-state index in [1.54, 1.807) is 0 Å². The molecule has 5 aromatic rings. The first-order valence-corrected chi connectivity index (χ1v) is 13.5. The van der Waals surface area contributed by atoms with Crippen LogP contribution in [0.2, 0.25) is 0 Å². The van der Waals surface area contributed by atoms with Crippen LogP contribution in [0, 0.1) is 0 Å². The first-order chi connectivity index (χ1) is 20.2. The highest BCUT2D eigenvalue weighted by molar-refractivity contribution is 6.19. The lowest BCUT2D eigenvalue weighted by atomic mass is 10.1. The molecular weight excluding hydrogens is 502 g/mol. The van der Waals surface area contributed by atoms with Gasteiger partial charge in [-0.1, -0.05) is 36.4 Å². The lowest BCUT2D eigenvalue weighted by Crippen LogP contribution is -1.99. The van der Waals surface area contributed by atoms with Gasteiger partial charge in [-0.15, -0.1) is 0 Å². The topological polar surface area (TPSA) is 60.8 Å². The van der Waals surface area contributed by atoms with Gasteiger partial charge in [-0.3, -0.25) is 0 Å². The molecule has 0 heterocycles. The van der Waals surface area contributed by atoms with E-state index in [0.29, 0.717) is 0 Å². The summed E-state index contributed by atoms with van der Waals surface area (Å²) in [4.78, 5) is 9.36. The highest BCUT2D eigenvalue weighted by Gasteiger charge is 2.02. The Bertz CT molecular complexity index is 1680. The molecule has 5 heteroatoms. The Hall–Kier alpha value is -5.68. The predicted octanol–water partition coefficient (Wildman–Crippen LogP) is 9.89. The van der Waals surface area contributed by atoms with Crippen LogP contribution in [-0.4, -0.2) is 11.4 Å². The van der Waals surface area contributed by atoms with E-state index in [9.17, 15) is 0 Å². The first-order valence-electron chi connectivity index (χ1n) is 13.5. The molecule has 0 saturated heterocycles. The van der Waals surface area contributed by atoms with Crippen LogP contribution >= 0.6 is 0 Å². The van der Waals surface area contributed by atoms with Crippen molar-refractivity contribution in [3.05, 3.63) is 158 Å². The summed E-state index contributed by atoms with van der Waals surface area (Å²) in [6.07, 6.45) is 7.94. The van der Waals surface area contributed by atoms with Crippen molar-refractivity contribution in [2.75, 3.05) is 16.0 Å². The number of para-hydroxylation sites is 2. The molecule has 0 atom stereocenters. The molecule has 0 amide bonds. The van der Waals surface area contributed by atoms with Crippen LogP contribution in [0.4, 0.5) is 45.5 Å². The summed E-state index contributed by atoms with van der Waals surface area (Å²) in [7, 11) is 0. The Morgan fingerprint density at radius 2 is 0.585 bits per heavy atom. The summed E-state index contributed by atoms with van der Waals surface area (Å²) >= 11 is 0. The fourth-order valence-corrected chi connectivity index (χ4v) is 4.32. The van der Waals surface area contributed by atoms with Gasteiger partial charge in [0.2, 0.25) is 0 Å². The molecule has 3 N–H and O–H groups in total. The normalized spacial score (nSPS) is 12.1. The second-order valence-electron chi connectivity index (χ2n) is 9.52. The zero-order valence-corrected chi connectivity index (χ0v) is 22.4. The molecule has 5 nitrogen and oxygen atoms in total. The number of aliphatic imine (C=N–C) groups is 2. The van der Waals surface area contributed by atoms with Crippen LogP contribution in [-0.2, 0) is 0 Å². The maximum absolute atomic E-state index is 4.73. The van der Waals surface area contributed by atoms with Crippen LogP contribution in [0.25, 0.3) is 0 Å². The molecule has 6 rings (SSSR count). The van der Waals surface area contributed by atoms with Crippen LogP contribution in [0.3, 0.4) is 0 Å². The maximum atomic E-state index is 4.73. The third-order valence-electron chi connectivity index (χ3n) is 6.40. The van der Waals surface area contributed by atoms with Gasteiger partial charge in [0.15, 0.2) is 0 Å². The lowest BCUT2D eigenvalue weighted by Gasteiger charge is -2.11. The largest absolute Gasteiger partial charge is 0.356 e. The van der Waals surface area contributed by atoms with E-state index in [2.05, 4.69) is 81.6 Å². The standard InChI is InChI=1S/C36H29N5/c1-3-7-27(8-4-1)37-29-11-15-31(16-12-29)39-33-19-23-35(24-20-33)41-36-25-21-34(22-26-36)40-32-17-13-30(14-18-32)38-28-9-5-2-6-10-28/h1-26,37,39,41H. The van der Waals surface area contributed by atoms with E-state index in [-0.39, 0.29) is 0 Å². The quantitative estimate of drug-likeness (QED) is 0.175. The van der Waals surface area contributed by atoms with Gasteiger partial charge in [-0.25, -0.2) is 9.98 Å². The SMILES string of the molecule is C1=CC(=Nc2ccc(Nc3ccc(Nc4ccc(Nc5ccccc5)cc4)cc3)cc2)C=CC1=Nc1ccccc1. The monoisotopic (exact) mass is 531 g/mol. The Labute approximate surface area is 240 Å². The van der Waals surface area contributed by atoms with E-state index in [4.69, 9.17) is 4.99 Å². The van der Waals surface area contributed by atoms with Crippen LogP contribution < -0.4 is 16.0 Å². The first kappa shape index (κ1) is 25.6. The summed E-state index contributed by atoms with van der Waals surface area (Å²) in [5.74, 6) is 0. The zero-order valence-electron chi connectivity index (χ0n) is 22.4. The maximum Gasteiger partial charge on any atom is 0.0638 e. The van der Waals surface area contributed by atoms with Crippen molar-refractivity contribution in [3.63, 3.8) is 0 Å². The summed E-state index contributed by atoms with van der Waals surface area (Å²) in [6, 6.07) is 44.7. The molecule has 0 aliphatic heterocycles. The second kappa shape index (κ2) is 12.5. The van der Waals surface area contributed by atoms with E-state index in [0.717, 1.165) is 56.9 Å². The molecule has 0 saturated carbocycles. The Morgan fingerprint density at radius 3 is 0.976 bits per heavy atom. The van der Waals surface area contributed by atoms with Crippen LogP contribution in [0.15, 0.2) is 168 Å². The Balaban J connectivity index is 1.02. The van der Waals surface area contributed by atoms with Crippen molar-refractivity contribution >= 4 is 56.9 Å². The summed E-state index contributed by atoms with van der Waals surface area (Å²) in [6.45, 7) is 0. The summed E-state index contributed by atoms with van der Waals surface area (Å²) in [5.41, 5.74) is 9.83. The van der Waals surface area contributed by atoms with Gasteiger partial charge in [-0.2, -0.15) is 0 Å². The zero-order chi connectivity index (χ0) is 27.7. The number of hydrogen-bond donors (Lipinski definition) is 3. The van der Waals surface area contributed by atoms with E-state index < -0.39 is 0 Å². The van der Waals surface area contributed by atoms with Crippen molar-refractivity contribution in [1.82, 2.24) is 0 Å². The number of allylic oxidation sites excluding steroid dienone is 4. The molecule has 0 bridgehead atoms. The van der Waals surface area contributed by atoms with Gasteiger partial charge in [0.25, 0.3) is 0 Å². The molecule has 0 fully saturated rings. The Morgan fingerprint density at radius 1 is 0.293 bits per heavy atom. The molecule has 0 spiro atoms. The summed E-state index contributed by atoms with van der Waals surface area (Å²) < 4.78 is 0. The minimum absolute atomic E-state index is 0.892. The number of rotatable bonds is 8. The van der Waals surface area contributed by atoms with Gasteiger partial charge in [-0.05, 0) is 121 Å². The molecule has 198 valence electrons. The summed E-state index contributed by atoms with van der Waals surface area (Å²) in [5, 5.41) is 10.3. The van der Waals surface area contributed by atoms with Crippen molar-refractivity contribution in [1.29, 1.82) is 0 Å². The molecule has 0 unspecified atom stereocenters. The number of benzene rings is 5. The van der Waals surface area contributed by atoms with Gasteiger partial charge in [0.05, 0.1) is 22.8 Å². The number of hydrogen-bond acceptors (Lipinski definition) is 5. The van der Waals surface area contributed by atoms with Crippen molar-refractivity contribution in [2.45, 2.75) is 0 Å². The van der Waals surface area contributed by atoms with E-state index in [1.807, 2.05) is 97.1 Å². The van der Waals surface area contributed by atoms with Crippen LogP contribution in [0.1, 0.15) is 0 Å². The highest BCUT2D eigenvalue weighted by atomic mass is 14.9. The number of nitrogens with zero attached hydrogens (tertiary/aromatic N) is 2. The predicted molar refractivity (Wildman–Crippen MR) is 175 cm³/mol. The molecule has 0 aromatic heterocycles. The molecule has 1 aliphatic carbocycles. The van der Waals surface area contributed by atoms with Gasteiger partial charge in [0, 0.05) is 34.1 Å². The van der Waals surface area contributed by atoms with Crippen molar-refractivity contribution in [2.24, 2.45) is 9.98 Å². The third kappa shape index (κ3) is 7.25. The minimum atomic E-state index is 0.892. The minimum Gasteiger partial charge on any atom is -0.356 e.